The van der Waals surface area contributed by atoms with Crippen LogP contribution in [0.5, 0.6) is 0 Å². The van der Waals surface area contributed by atoms with E-state index in [-0.39, 0.29) is 23.2 Å². The van der Waals surface area contributed by atoms with Gasteiger partial charge in [-0.05, 0) is 31.2 Å². The van der Waals surface area contributed by atoms with Crippen molar-refractivity contribution in [1.29, 1.82) is 0 Å². The second-order valence-electron chi connectivity index (χ2n) is 5.31. The zero-order chi connectivity index (χ0) is 16.4. The van der Waals surface area contributed by atoms with Crippen molar-refractivity contribution in [1.82, 2.24) is 9.55 Å². The average molecular weight is 329 g/mol. The highest BCUT2D eigenvalue weighted by Gasteiger charge is 2.26. The second-order valence-corrected chi connectivity index (χ2v) is 6.29. The molecule has 0 fully saturated rings. The molecule has 1 amide bonds. The molecule has 6 nitrogen and oxygen atoms in total. The average Bonchev–Trinajstić information content (AvgIpc) is 2.55. The molecule has 1 atom stereocenters. The van der Waals surface area contributed by atoms with Gasteiger partial charge in [-0.1, -0.05) is 11.8 Å². The molecule has 1 aromatic carbocycles. The monoisotopic (exact) mass is 329 g/mol. The van der Waals surface area contributed by atoms with Gasteiger partial charge in [0.15, 0.2) is 10.9 Å². The zero-order valence-electron chi connectivity index (χ0n) is 12.5. The molecule has 23 heavy (non-hydrogen) atoms. The van der Waals surface area contributed by atoms with E-state index in [1.165, 1.54) is 35.5 Å². The van der Waals surface area contributed by atoms with Crippen LogP contribution in [0.15, 0.2) is 46.5 Å². The Hall–Kier alpha value is -2.41. The first-order valence-corrected chi connectivity index (χ1v) is 8.13. The first-order chi connectivity index (χ1) is 11.0. The number of carbonyl (C=O) groups excluding carboxylic acids is 2. The Morgan fingerprint density at radius 2 is 2.00 bits per heavy atom. The molecule has 1 aliphatic rings. The van der Waals surface area contributed by atoms with Crippen molar-refractivity contribution in [2.75, 3.05) is 11.1 Å². The third-order valence-electron chi connectivity index (χ3n) is 3.65. The summed E-state index contributed by atoms with van der Waals surface area (Å²) in [5.41, 5.74) is 1.09. The number of benzene rings is 1. The molecule has 118 valence electrons. The Bertz CT molecular complexity index is 814. The maximum absolute atomic E-state index is 12.4. The molecular weight excluding hydrogens is 314 g/mol. The van der Waals surface area contributed by atoms with Crippen LogP contribution < -0.4 is 10.9 Å². The number of amides is 1. The van der Waals surface area contributed by atoms with Gasteiger partial charge in [0.25, 0.3) is 5.56 Å². The fourth-order valence-corrected chi connectivity index (χ4v) is 3.40. The summed E-state index contributed by atoms with van der Waals surface area (Å²) < 4.78 is 1.53. The molecule has 0 spiro atoms. The van der Waals surface area contributed by atoms with Gasteiger partial charge in [-0.25, -0.2) is 4.98 Å². The van der Waals surface area contributed by atoms with E-state index >= 15 is 0 Å². The van der Waals surface area contributed by atoms with Gasteiger partial charge in [-0.3, -0.25) is 19.0 Å². The van der Waals surface area contributed by atoms with Crippen molar-refractivity contribution in [2.24, 2.45) is 5.92 Å². The smallest absolute Gasteiger partial charge is 0.254 e. The van der Waals surface area contributed by atoms with E-state index in [4.69, 9.17) is 0 Å². The minimum Gasteiger partial charge on any atom is -0.326 e. The lowest BCUT2D eigenvalue weighted by atomic mass is 10.1. The van der Waals surface area contributed by atoms with Crippen LogP contribution in [0.2, 0.25) is 0 Å². The van der Waals surface area contributed by atoms with Crippen LogP contribution in [0.1, 0.15) is 17.3 Å². The van der Waals surface area contributed by atoms with Gasteiger partial charge in [0.05, 0.1) is 5.92 Å². The Kier molecular flexibility index (Phi) is 4.29. The van der Waals surface area contributed by atoms with Crippen molar-refractivity contribution >= 4 is 29.1 Å². The first-order valence-electron chi connectivity index (χ1n) is 7.15. The number of thioether (sulfide) groups is 1. The molecule has 1 unspecified atom stereocenters. The lowest BCUT2D eigenvalue weighted by Gasteiger charge is -2.23. The van der Waals surface area contributed by atoms with E-state index in [1.807, 2.05) is 0 Å². The number of ketones is 1. The van der Waals surface area contributed by atoms with Crippen LogP contribution >= 0.6 is 11.8 Å². The molecule has 7 heteroatoms. The van der Waals surface area contributed by atoms with Crippen molar-refractivity contribution in [3.8, 4) is 0 Å². The SMILES string of the molecule is CC(=O)c1ccc(NC(=O)C2CSc3nccc(=O)n3C2)cc1. The molecule has 1 aromatic heterocycles. The van der Waals surface area contributed by atoms with Crippen molar-refractivity contribution in [3.05, 3.63) is 52.4 Å². The molecule has 0 aliphatic carbocycles. The van der Waals surface area contributed by atoms with Gasteiger partial charge in [0, 0.05) is 35.8 Å². The molecule has 1 aliphatic heterocycles. The van der Waals surface area contributed by atoms with E-state index in [9.17, 15) is 14.4 Å². The Morgan fingerprint density at radius 3 is 2.70 bits per heavy atom. The number of rotatable bonds is 3. The van der Waals surface area contributed by atoms with Crippen LogP contribution in [0.3, 0.4) is 0 Å². The number of hydrogen-bond donors (Lipinski definition) is 1. The number of hydrogen-bond acceptors (Lipinski definition) is 5. The molecule has 0 saturated carbocycles. The molecule has 3 rings (SSSR count). The second kappa shape index (κ2) is 6.37. The molecule has 2 aromatic rings. The number of Topliss-reactive ketones (excluding diaryl/α,β-unsaturated/α-hetero) is 1. The van der Waals surface area contributed by atoms with Crippen LogP contribution in [0.25, 0.3) is 0 Å². The zero-order valence-corrected chi connectivity index (χ0v) is 13.3. The van der Waals surface area contributed by atoms with Gasteiger partial charge in [-0.2, -0.15) is 0 Å². The third-order valence-corrected chi connectivity index (χ3v) is 4.80. The van der Waals surface area contributed by atoms with Gasteiger partial charge in [-0.15, -0.1) is 0 Å². The summed E-state index contributed by atoms with van der Waals surface area (Å²) in [5, 5.41) is 3.47. The predicted molar refractivity (Wildman–Crippen MR) is 87.8 cm³/mol. The number of nitrogens with one attached hydrogen (secondary N) is 1. The summed E-state index contributed by atoms with van der Waals surface area (Å²) in [6, 6.07) is 8.15. The highest BCUT2D eigenvalue weighted by molar-refractivity contribution is 7.99. The normalized spacial score (nSPS) is 16.5. The topological polar surface area (TPSA) is 81.1 Å². The van der Waals surface area contributed by atoms with Gasteiger partial charge < -0.3 is 5.32 Å². The van der Waals surface area contributed by atoms with Gasteiger partial charge in [0.1, 0.15) is 0 Å². The molecule has 1 N–H and O–H groups in total. The Labute approximate surface area is 136 Å². The van der Waals surface area contributed by atoms with Crippen molar-refractivity contribution in [2.45, 2.75) is 18.6 Å². The number of fused-ring (bicyclic) bond motifs is 1. The van der Waals surface area contributed by atoms with E-state index < -0.39 is 0 Å². The van der Waals surface area contributed by atoms with Gasteiger partial charge in [0.2, 0.25) is 5.91 Å². The van der Waals surface area contributed by atoms with E-state index in [0.29, 0.717) is 28.7 Å². The Morgan fingerprint density at radius 1 is 1.26 bits per heavy atom. The third kappa shape index (κ3) is 3.34. The Balaban J connectivity index is 1.71. The summed E-state index contributed by atoms with van der Waals surface area (Å²) in [6.07, 6.45) is 1.48. The van der Waals surface area contributed by atoms with Crippen LogP contribution in [0, 0.1) is 5.92 Å². The van der Waals surface area contributed by atoms with Crippen molar-refractivity contribution < 1.29 is 9.59 Å². The molecular formula is C16H15N3O3S. The summed E-state index contributed by atoms with van der Waals surface area (Å²) in [5.74, 6) is 0.111. The summed E-state index contributed by atoms with van der Waals surface area (Å²) in [6.45, 7) is 1.82. The first kappa shape index (κ1) is 15.5. The lowest BCUT2D eigenvalue weighted by Crippen LogP contribution is -2.36. The van der Waals surface area contributed by atoms with Crippen LogP contribution in [-0.4, -0.2) is 27.0 Å². The molecule has 0 bridgehead atoms. The number of nitrogens with zero attached hydrogens (tertiary/aromatic N) is 2. The maximum atomic E-state index is 12.4. The van der Waals surface area contributed by atoms with Crippen LogP contribution in [-0.2, 0) is 11.3 Å². The van der Waals surface area contributed by atoms with Crippen LogP contribution in [0.4, 0.5) is 5.69 Å². The largest absolute Gasteiger partial charge is 0.326 e. The standard InChI is InChI=1S/C16H15N3O3S/c1-10(20)11-2-4-13(5-3-11)18-15(22)12-8-19-14(21)6-7-17-16(19)23-9-12/h2-7,12H,8-9H2,1H3,(H,18,22). The van der Waals surface area contributed by atoms with Crippen molar-refractivity contribution in [3.63, 3.8) is 0 Å². The minimum absolute atomic E-state index is 0.0185. The number of anilines is 1. The quantitative estimate of drug-likeness (QED) is 0.686. The molecule has 0 radical (unpaired) electrons. The summed E-state index contributed by atoms with van der Waals surface area (Å²) >= 11 is 1.40. The summed E-state index contributed by atoms with van der Waals surface area (Å²) in [4.78, 5) is 39.6. The minimum atomic E-state index is -0.304. The van der Waals surface area contributed by atoms with Gasteiger partial charge >= 0.3 is 0 Å². The summed E-state index contributed by atoms with van der Waals surface area (Å²) in [7, 11) is 0. The predicted octanol–water partition coefficient (Wildman–Crippen LogP) is 1.81. The molecule has 2 heterocycles. The molecule has 0 saturated heterocycles. The highest BCUT2D eigenvalue weighted by atomic mass is 32.2. The number of aromatic nitrogens is 2. The highest BCUT2D eigenvalue weighted by Crippen LogP contribution is 2.25. The van der Waals surface area contributed by atoms with E-state index in [0.717, 1.165) is 0 Å². The number of carbonyl (C=O) groups is 2. The lowest BCUT2D eigenvalue weighted by molar-refractivity contribution is -0.119. The van der Waals surface area contributed by atoms with E-state index in [1.54, 1.807) is 24.3 Å². The maximum Gasteiger partial charge on any atom is 0.254 e. The fraction of sp³-hybridized carbons (Fsp3) is 0.250. The fourth-order valence-electron chi connectivity index (χ4n) is 2.34. The van der Waals surface area contributed by atoms with E-state index in [2.05, 4.69) is 10.3 Å².